The fourth-order valence-electron chi connectivity index (χ4n) is 2.35. The van der Waals surface area contributed by atoms with E-state index in [1.54, 1.807) is 11.0 Å². The topological polar surface area (TPSA) is 62.6 Å². The first-order chi connectivity index (χ1) is 12.0. The number of nitrogens with zero attached hydrogens (tertiary/aromatic N) is 1. The summed E-state index contributed by atoms with van der Waals surface area (Å²) in [6.07, 6.45) is 3.18. The second kappa shape index (κ2) is 9.06. The highest BCUT2D eigenvalue weighted by atomic mass is 16.3. The van der Waals surface area contributed by atoms with Crippen LogP contribution in [0.15, 0.2) is 53.3 Å². The second-order valence-corrected chi connectivity index (χ2v) is 6.57. The van der Waals surface area contributed by atoms with Gasteiger partial charge in [0.15, 0.2) is 0 Å². The van der Waals surface area contributed by atoms with Gasteiger partial charge in [-0.05, 0) is 24.5 Å². The molecule has 0 aliphatic carbocycles. The third kappa shape index (κ3) is 5.78. The summed E-state index contributed by atoms with van der Waals surface area (Å²) in [4.78, 5) is 26.5. The van der Waals surface area contributed by atoms with Crippen molar-refractivity contribution in [2.24, 2.45) is 5.92 Å². The van der Waals surface area contributed by atoms with Crippen molar-refractivity contribution in [3.8, 4) is 0 Å². The van der Waals surface area contributed by atoms with E-state index in [9.17, 15) is 9.59 Å². The molecule has 2 rings (SSSR count). The predicted octanol–water partition coefficient (Wildman–Crippen LogP) is 3.47. The lowest BCUT2D eigenvalue weighted by atomic mass is 10.1. The van der Waals surface area contributed by atoms with Gasteiger partial charge in [0.2, 0.25) is 5.91 Å². The average Bonchev–Trinajstić information content (AvgIpc) is 3.13. The Kier molecular flexibility index (Phi) is 6.81. The van der Waals surface area contributed by atoms with E-state index in [4.69, 9.17) is 4.42 Å². The molecule has 1 atom stereocenters. The average molecular weight is 342 g/mol. The van der Waals surface area contributed by atoms with Gasteiger partial charge in [-0.15, -0.1) is 0 Å². The number of rotatable bonds is 8. The van der Waals surface area contributed by atoms with Gasteiger partial charge in [0, 0.05) is 25.6 Å². The maximum absolute atomic E-state index is 12.7. The summed E-state index contributed by atoms with van der Waals surface area (Å²) in [7, 11) is 0. The van der Waals surface area contributed by atoms with Crippen molar-refractivity contribution in [1.29, 1.82) is 0 Å². The molecule has 1 aromatic heterocycles. The van der Waals surface area contributed by atoms with Crippen molar-refractivity contribution in [2.45, 2.75) is 39.8 Å². The first-order valence-electron chi connectivity index (χ1n) is 8.62. The van der Waals surface area contributed by atoms with Gasteiger partial charge >= 0.3 is 0 Å². The molecule has 1 unspecified atom stereocenters. The standard InChI is InChI=1S/C20H26N2O3/c1-15(2)16(3)21-19(23)9-11-22(13-17-7-5-4-6-8-17)20(24)18-10-12-25-14-18/h4-8,10,12,14-16H,9,11,13H2,1-3H3,(H,21,23). The predicted molar refractivity (Wildman–Crippen MR) is 97.0 cm³/mol. The Morgan fingerprint density at radius 1 is 1.12 bits per heavy atom. The van der Waals surface area contributed by atoms with Gasteiger partial charge in [-0.25, -0.2) is 0 Å². The number of carbonyl (C=O) groups is 2. The second-order valence-electron chi connectivity index (χ2n) is 6.57. The van der Waals surface area contributed by atoms with Gasteiger partial charge in [-0.3, -0.25) is 9.59 Å². The summed E-state index contributed by atoms with van der Waals surface area (Å²) in [6, 6.07) is 11.5. The van der Waals surface area contributed by atoms with Crippen LogP contribution in [0.5, 0.6) is 0 Å². The zero-order chi connectivity index (χ0) is 18.2. The molecular formula is C20H26N2O3. The van der Waals surface area contributed by atoms with Crippen LogP contribution in [-0.4, -0.2) is 29.3 Å². The third-order valence-corrected chi connectivity index (χ3v) is 4.27. The van der Waals surface area contributed by atoms with Crippen LogP contribution in [0.3, 0.4) is 0 Å². The van der Waals surface area contributed by atoms with Gasteiger partial charge in [0.05, 0.1) is 11.8 Å². The number of carbonyl (C=O) groups excluding carboxylic acids is 2. The molecule has 0 radical (unpaired) electrons. The number of benzene rings is 1. The highest BCUT2D eigenvalue weighted by Crippen LogP contribution is 2.11. The molecule has 1 aromatic carbocycles. The van der Waals surface area contributed by atoms with E-state index in [1.165, 1.54) is 12.5 Å². The van der Waals surface area contributed by atoms with Crippen LogP contribution in [0.25, 0.3) is 0 Å². The molecule has 5 heteroatoms. The van der Waals surface area contributed by atoms with Gasteiger partial charge < -0.3 is 14.6 Å². The maximum atomic E-state index is 12.7. The van der Waals surface area contributed by atoms with Gasteiger partial charge in [-0.2, -0.15) is 0 Å². The Balaban J connectivity index is 2.01. The lowest BCUT2D eigenvalue weighted by molar-refractivity contribution is -0.122. The minimum absolute atomic E-state index is 0.0424. The van der Waals surface area contributed by atoms with Crippen LogP contribution in [0.1, 0.15) is 43.1 Å². The van der Waals surface area contributed by atoms with Crippen LogP contribution in [-0.2, 0) is 11.3 Å². The van der Waals surface area contributed by atoms with Crippen molar-refractivity contribution >= 4 is 11.8 Å². The van der Waals surface area contributed by atoms with E-state index in [1.807, 2.05) is 37.3 Å². The lowest BCUT2D eigenvalue weighted by Gasteiger charge is -2.23. The molecule has 25 heavy (non-hydrogen) atoms. The van der Waals surface area contributed by atoms with Crippen molar-refractivity contribution in [2.75, 3.05) is 6.54 Å². The van der Waals surface area contributed by atoms with Gasteiger partial charge in [-0.1, -0.05) is 44.2 Å². The molecule has 0 saturated carbocycles. The number of amides is 2. The van der Waals surface area contributed by atoms with Crippen molar-refractivity contribution in [1.82, 2.24) is 10.2 Å². The number of furan rings is 1. The van der Waals surface area contributed by atoms with Crippen LogP contribution < -0.4 is 5.32 Å². The molecule has 0 spiro atoms. The van der Waals surface area contributed by atoms with E-state index >= 15 is 0 Å². The summed E-state index contributed by atoms with van der Waals surface area (Å²) in [5, 5.41) is 2.98. The summed E-state index contributed by atoms with van der Waals surface area (Å²) < 4.78 is 5.01. The Hall–Kier alpha value is -2.56. The molecule has 134 valence electrons. The zero-order valence-corrected chi connectivity index (χ0v) is 15.1. The maximum Gasteiger partial charge on any atom is 0.257 e. The highest BCUT2D eigenvalue weighted by Gasteiger charge is 2.19. The summed E-state index contributed by atoms with van der Waals surface area (Å²) in [5.41, 5.74) is 1.52. The highest BCUT2D eigenvalue weighted by molar-refractivity contribution is 5.94. The molecule has 0 fully saturated rings. The minimum Gasteiger partial charge on any atom is -0.472 e. The van der Waals surface area contributed by atoms with Crippen LogP contribution in [0.4, 0.5) is 0 Å². The Morgan fingerprint density at radius 2 is 1.84 bits per heavy atom. The van der Waals surface area contributed by atoms with Crippen molar-refractivity contribution < 1.29 is 14.0 Å². The molecule has 0 aliphatic rings. The quantitative estimate of drug-likeness (QED) is 0.799. The Morgan fingerprint density at radius 3 is 2.44 bits per heavy atom. The van der Waals surface area contributed by atoms with Gasteiger partial charge in [0.1, 0.15) is 6.26 Å². The summed E-state index contributed by atoms with van der Waals surface area (Å²) >= 11 is 0. The van der Waals surface area contributed by atoms with E-state index < -0.39 is 0 Å². The normalized spacial score (nSPS) is 12.0. The minimum atomic E-state index is -0.137. The molecule has 2 amide bonds. The molecular weight excluding hydrogens is 316 g/mol. The zero-order valence-electron chi connectivity index (χ0n) is 15.1. The number of nitrogens with one attached hydrogen (secondary N) is 1. The number of hydrogen-bond donors (Lipinski definition) is 1. The molecule has 2 aromatic rings. The summed E-state index contributed by atoms with van der Waals surface area (Å²) in [5.74, 6) is 0.193. The molecule has 0 bridgehead atoms. The Bertz CT molecular complexity index is 666. The van der Waals surface area contributed by atoms with Crippen LogP contribution >= 0.6 is 0 Å². The molecule has 0 saturated heterocycles. The van der Waals surface area contributed by atoms with Crippen molar-refractivity contribution in [3.05, 3.63) is 60.1 Å². The monoisotopic (exact) mass is 342 g/mol. The Labute approximate surface area is 149 Å². The molecule has 5 nitrogen and oxygen atoms in total. The van der Waals surface area contributed by atoms with E-state index in [-0.39, 0.29) is 24.3 Å². The van der Waals surface area contributed by atoms with Gasteiger partial charge in [0.25, 0.3) is 5.91 Å². The first-order valence-corrected chi connectivity index (χ1v) is 8.62. The fraction of sp³-hybridized carbons (Fsp3) is 0.400. The third-order valence-electron chi connectivity index (χ3n) is 4.27. The summed E-state index contributed by atoms with van der Waals surface area (Å²) in [6.45, 7) is 6.93. The molecule has 0 aliphatic heterocycles. The first kappa shape index (κ1) is 18.8. The number of hydrogen-bond acceptors (Lipinski definition) is 3. The van der Waals surface area contributed by atoms with Crippen LogP contribution in [0, 0.1) is 5.92 Å². The van der Waals surface area contributed by atoms with E-state index in [0.29, 0.717) is 24.6 Å². The van der Waals surface area contributed by atoms with E-state index in [0.717, 1.165) is 5.56 Å². The van der Waals surface area contributed by atoms with Crippen LogP contribution in [0.2, 0.25) is 0 Å². The molecule has 1 heterocycles. The van der Waals surface area contributed by atoms with Crippen molar-refractivity contribution in [3.63, 3.8) is 0 Å². The fourth-order valence-corrected chi connectivity index (χ4v) is 2.35. The largest absolute Gasteiger partial charge is 0.472 e. The smallest absolute Gasteiger partial charge is 0.257 e. The lowest BCUT2D eigenvalue weighted by Crippen LogP contribution is -2.39. The van der Waals surface area contributed by atoms with E-state index in [2.05, 4.69) is 19.2 Å². The molecule has 1 N–H and O–H groups in total. The SMILES string of the molecule is CC(C)C(C)NC(=O)CCN(Cc1ccccc1)C(=O)c1ccoc1.